The van der Waals surface area contributed by atoms with Gasteiger partial charge in [0.1, 0.15) is 6.33 Å². The van der Waals surface area contributed by atoms with Crippen molar-refractivity contribution >= 4 is 33.7 Å². The maximum absolute atomic E-state index is 11.8. The second-order valence-electron chi connectivity index (χ2n) is 3.58. The van der Waals surface area contributed by atoms with Crippen molar-refractivity contribution in [1.29, 1.82) is 0 Å². The molecule has 19 heavy (non-hydrogen) atoms. The number of nitrogens with zero attached hydrogens (tertiary/aromatic N) is 2. The number of amides is 2. The first-order valence-electron chi connectivity index (χ1n) is 5.34. The van der Waals surface area contributed by atoms with Gasteiger partial charge in [0.2, 0.25) is 11.9 Å². The number of halogens is 1. The molecule has 2 aromatic rings. The van der Waals surface area contributed by atoms with E-state index in [1.807, 2.05) is 6.07 Å². The van der Waals surface area contributed by atoms with Gasteiger partial charge in [-0.3, -0.25) is 14.9 Å². The fourth-order valence-corrected chi connectivity index (χ4v) is 1.73. The van der Waals surface area contributed by atoms with Crippen LogP contribution in [0, 0.1) is 0 Å². The van der Waals surface area contributed by atoms with Crippen LogP contribution in [0.2, 0.25) is 0 Å². The van der Waals surface area contributed by atoms with Crippen molar-refractivity contribution in [3.8, 4) is 0 Å². The molecule has 0 atom stereocenters. The van der Waals surface area contributed by atoms with E-state index in [4.69, 9.17) is 0 Å². The molecule has 3 N–H and O–H groups in total. The Labute approximate surface area is 116 Å². The standard InChI is InChI=1S/C11H10BrN5O2/c12-8-3-1-2-7(4-8)10(19)13-5-9(18)16-11-14-6-15-17-11/h1-4,6H,5H2,(H,13,19)(H2,14,15,16,17,18). The normalized spacial score (nSPS) is 9.95. The molecule has 1 heterocycles. The van der Waals surface area contributed by atoms with Gasteiger partial charge in [0.25, 0.3) is 5.91 Å². The first-order valence-corrected chi connectivity index (χ1v) is 6.13. The molecular formula is C11H10BrN5O2. The van der Waals surface area contributed by atoms with Gasteiger partial charge in [-0.2, -0.15) is 10.1 Å². The van der Waals surface area contributed by atoms with Gasteiger partial charge in [-0.1, -0.05) is 22.0 Å². The van der Waals surface area contributed by atoms with Crippen molar-refractivity contribution in [3.05, 3.63) is 40.6 Å². The summed E-state index contributed by atoms with van der Waals surface area (Å²) in [5, 5.41) is 11.0. The van der Waals surface area contributed by atoms with Crippen LogP contribution in [0.1, 0.15) is 10.4 Å². The maximum Gasteiger partial charge on any atom is 0.251 e. The summed E-state index contributed by atoms with van der Waals surface area (Å²) in [6.07, 6.45) is 1.27. The number of carbonyl (C=O) groups excluding carboxylic acids is 2. The smallest absolute Gasteiger partial charge is 0.251 e. The molecular weight excluding hydrogens is 314 g/mol. The maximum atomic E-state index is 11.8. The lowest BCUT2D eigenvalue weighted by Gasteiger charge is -2.05. The first kappa shape index (κ1) is 13.2. The second-order valence-corrected chi connectivity index (χ2v) is 4.49. The number of aromatic nitrogens is 3. The van der Waals surface area contributed by atoms with Crippen molar-refractivity contribution in [2.75, 3.05) is 11.9 Å². The van der Waals surface area contributed by atoms with Gasteiger partial charge >= 0.3 is 0 Å². The number of carbonyl (C=O) groups is 2. The Bertz CT molecular complexity index is 585. The Kier molecular flexibility index (Phi) is 4.24. The van der Waals surface area contributed by atoms with Crippen LogP contribution in [-0.4, -0.2) is 33.5 Å². The molecule has 8 heteroatoms. The number of hydrogen-bond donors (Lipinski definition) is 3. The van der Waals surface area contributed by atoms with E-state index in [0.29, 0.717) is 5.56 Å². The number of H-pyrrole nitrogens is 1. The Hall–Kier alpha value is -2.22. The van der Waals surface area contributed by atoms with E-state index >= 15 is 0 Å². The molecule has 0 fully saturated rings. The predicted molar refractivity (Wildman–Crippen MR) is 71.5 cm³/mol. The molecule has 1 aromatic heterocycles. The lowest BCUT2D eigenvalue weighted by molar-refractivity contribution is -0.115. The third-order valence-electron chi connectivity index (χ3n) is 2.17. The van der Waals surface area contributed by atoms with Gasteiger partial charge in [0.15, 0.2) is 0 Å². The summed E-state index contributed by atoms with van der Waals surface area (Å²) < 4.78 is 0.797. The highest BCUT2D eigenvalue weighted by Crippen LogP contribution is 2.11. The molecule has 2 rings (SSSR count). The van der Waals surface area contributed by atoms with Crippen LogP contribution in [0.3, 0.4) is 0 Å². The summed E-state index contributed by atoms with van der Waals surface area (Å²) >= 11 is 3.27. The molecule has 0 bridgehead atoms. The average Bonchev–Trinajstić information content (AvgIpc) is 2.88. The Morgan fingerprint density at radius 3 is 2.89 bits per heavy atom. The van der Waals surface area contributed by atoms with Gasteiger partial charge in [-0.05, 0) is 18.2 Å². The molecule has 0 saturated heterocycles. The minimum absolute atomic E-state index is 0.147. The lowest BCUT2D eigenvalue weighted by atomic mass is 10.2. The minimum atomic E-state index is -0.389. The predicted octanol–water partition coefficient (Wildman–Crippen LogP) is 0.936. The molecule has 0 spiro atoms. The number of anilines is 1. The number of rotatable bonds is 4. The molecule has 7 nitrogen and oxygen atoms in total. The molecule has 0 aliphatic heterocycles. The summed E-state index contributed by atoms with van der Waals surface area (Å²) in [5.41, 5.74) is 0.474. The topological polar surface area (TPSA) is 99.8 Å². The summed E-state index contributed by atoms with van der Waals surface area (Å²) in [6, 6.07) is 6.89. The second kappa shape index (κ2) is 6.10. The monoisotopic (exact) mass is 323 g/mol. The molecule has 0 aliphatic carbocycles. The third-order valence-corrected chi connectivity index (χ3v) is 2.66. The van der Waals surface area contributed by atoms with Crippen LogP contribution in [-0.2, 0) is 4.79 Å². The van der Waals surface area contributed by atoms with E-state index in [0.717, 1.165) is 4.47 Å². The van der Waals surface area contributed by atoms with Crippen molar-refractivity contribution in [1.82, 2.24) is 20.5 Å². The molecule has 1 aromatic carbocycles. The van der Waals surface area contributed by atoms with E-state index in [2.05, 4.69) is 41.7 Å². The van der Waals surface area contributed by atoms with Gasteiger partial charge in [0.05, 0.1) is 6.54 Å². The van der Waals surface area contributed by atoms with Crippen LogP contribution in [0.25, 0.3) is 0 Å². The minimum Gasteiger partial charge on any atom is -0.343 e. The van der Waals surface area contributed by atoms with E-state index in [1.54, 1.807) is 18.2 Å². The molecule has 98 valence electrons. The van der Waals surface area contributed by atoms with Gasteiger partial charge in [0, 0.05) is 10.0 Å². The fourth-order valence-electron chi connectivity index (χ4n) is 1.33. The highest BCUT2D eigenvalue weighted by Gasteiger charge is 2.09. The van der Waals surface area contributed by atoms with Crippen molar-refractivity contribution in [2.24, 2.45) is 0 Å². The Morgan fingerprint density at radius 2 is 2.21 bits per heavy atom. The summed E-state index contributed by atoms with van der Waals surface area (Å²) in [7, 11) is 0. The summed E-state index contributed by atoms with van der Waals surface area (Å²) in [5.74, 6) is -0.476. The molecule has 0 saturated carbocycles. The van der Waals surface area contributed by atoms with Crippen LogP contribution >= 0.6 is 15.9 Å². The van der Waals surface area contributed by atoms with Gasteiger partial charge in [-0.15, -0.1) is 0 Å². The fraction of sp³-hybridized carbons (Fsp3) is 0.0909. The highest BCUT2D eigenvalue weighted by molar-refractivity contribution is 9.10. The van der Waals surface area contributed by atoms with Crippen LogP contribution < -0.4 is 10.6 Å². The molecule has 0 aliphatic rings. The number of nitrogens with one attached hydrogen (secondary N) is 3. The summed E-state index contributed by atoms with van der Waals surface area (Å²) in [6.45, 7) is -0.147. The van der Waals surface area contributed by atoms with Crippen molar-refractivity contribution in [2.45, 2.75) is 0 Å². The third kappa shape index (κ3) is 3.88. The van der Waals surface area contributed by atoms with Gasteiger partial charge < -0.3 is 5.32 Å². The van der Waals surface area contributed by atoms with Crippen molar-refractivity contribution < 1.29 is 9.59 Å². The van der Waals surface area contributed by atoms with E-state index < -0.39 is 0 Å². The average molecular weight is 324 g/mol. The quantitative estimate of drug-likeness (QED) is 0.779. The van der Waals surface area contributed by atoms with E-state index in [-0.39, 0.29) is 24.3 Å². The largest absolute Gasteiger partial charge is 0.343 e. The Morgan fingerprint density at radius 1 is 1.37 bits per heavy atom. The van der Waals surface area contributed by atoms with Crippen LogP contribution in [0.15, 0.2) is 35.1 Å². The van der Waals surface area contributed by atoms with E-state index in [9.17, 15) is 9.59 Å². The van der Waals surface area contributed by atoms with Crippen LogP contribution in [0.5, 0.6) is 0 Å². The zero-order valence-corrected chi connectivity index (χ0v) is 11.3. The lowest BCUT2D eigenvalue weighted by Crippen LogP contribution is -2.33. The molecule has 2 amide bonds. The zero-order chi connectivity index (χ0) is 13.7. The molecule has 0 unspecified atom stereocenters. The van der Waals surface area contributed by atoms with E-state index in [1.165, 1.54) is 6.33 Å². The SMILES string of the molecule is O=C(CNC(=O)c1cccc(Br)c1)Nc1ncn[nH]1. The Balaban J connectivity index is 1.85. The van der Waals surface area contributed by atoms with Crippen molar-refractivity contribution in [3.63, 3.8) is 0 Å². The molecule has 0 radical (unpaired) electrons. The first-order chi connectivity index (χ1) is 9.15. The highest BCUT2D eigenvalue weighted by atomic mass is 79.9. The van der Waals surface area contributed by atoms with Gasteiger partial charge in [-0.25, -0.2) is 5.10 Å². The number of benzene rings is 1. The van der Waals surface area contributed by atoms with Crippen LogP contribution in [0.4, 0.5) is 5.95 Å². The number of aromatic amines is 1. The summed E-state index contributed by atoms with van der Waals surface area (Å²) in [4.78, 5) is 27.0. The number of hydrogen-bond acceptors (Lipinski definition) is 4. The zero-order valence-electron chi connectivity index (χ0n) is 9.68.